The average molecular weight is 444 g/mol. The van der Waals surface area contributed by atoms with E-state index < -0.39 is 0 Å². The van der Waals surface area contributed by atoms with Crippen LogP contribution in [0.25, 0.3) is 28.6 Å². The number of fused-ring (bicyclic) bond motifs is 1. The average Bonchev–Trinajstić information content (AvgIpc) is 3.22. The zero-order valence-corrected chi connectivity index (χ0v) is 18.1. The van der Waals surface area contributed by atoms with Crippen LogP contribution >= 0.6 is 12.2 Å². The Hall–Kier alpha value is -3.97. The van der Waals surface area contributed by atoms with Crippen molar-refractivity contribution in [3.8, 4) is 17.2 Å². The summed E-state index contributed by atoms with van der Waals surface area (Å²) in [7, 11) is 0. The summed E-state index contributed by atoms with van der Waals surface area (Å²) in [5, 5.41) is 16.0. The highest BCUT2D eigenvalue weighted by Gasteiger charge is 2.14. The van der Waals surface area contributed by atoms with Crippen molar-refractivity contribution in [2.45, 2.75) is 13.3 Å². The summed E-state index contributed by atoms with van der Waals surface area (Å²) in [6, 6.07) is 20.1. The molecule has 1 aromatic heterocycles. The number of aromatic nitrogens is 1. The van der Waals surface area contributed by atoms with Gasteiger partial charge in [-0.15, -0.1) is 0 Å². The lowest BCUT2D eigenvalue weighted by molar-refractivity contribution is -0.115. The van der Waals surface area contributed by atoms with E-state index in [4.69, 9.17) is 16.6 Å². The second kappa shape index (κ2) is 9.45. The zero-order chi connectivity index (χ0) is 22.5. The van der Waals surface area contributed by atoms with Crippen molar-refractivity contribution in [3.05, 3.63) is 83.9 Å². The number of thiocarbonyl (C=S) groups is 1. The van der Waals surface area contributed by atoms with Crippen LogP contribution in [0.15, 0.2) is 77.2 Å². The van der Waals surface area contributed by atoms with E-state index in [9.17, 15) is 9.90 Å². The first-order valence-corrected chi connectivity index (χ1v) is 10.5. The van der Waals surface area contributed by atoms with Crippen LogP contribution in [-0.4, -0.2) is 21.1 Å². The van der Waals surface area contributed by atoms with Gasteiger partial charge in [0.05, 0.1) is 5.56 Å². The van der Waals surface area contributed by atoms with Gasteiger partial charge in [0.15, 0.2) is 10.7 Å². The lowest BCUT2D eigenvalue weighted by Gasteiger charge is -2.10. The molecule has 0 unspecified atom stereocenters. The van der Waals surface area contributed by atoms with E-state index in [1.165, 1.54) is 12.1 Å². The number of rotatable bonds is 5. The summed E-state index contributed by atoms with van der Waals surface area (Å²) in [5.74, 6) is -0.0234. The number of benzene rings is 3. The van der Waals surface area contributed by atoms with Gasteiger partial charge in [-0.25, -0.2) is 4.98 Å². The molecule has 3 N–H and O–H groups in total. The van der Waals surface area contributed by atoms with E-state index in [-0.39, 0.29) is 16.8 Å². The summed E-state index contributed by atoms with van der Waals surface area (Å²) in [4.78, 5) is 16.6. The molecule has 0 saturated carbocycles. The summed E-state index contributed by atoms with van der Waals surface area (Å²) in [6.45, 7) is 2.07. The van der Waals surface area contributed by atoms with E-state index >= 15 is 0 Å². The Labute approximate surface area is 190 Å². The minimum Gasteiger partial charge on any atom is -0.507 e. The second-order valence-corrected chi connectivity index (χ2v) is 7.50. The van der Waals surface area contributed by atoms with Gasteiger partial charge in [-0.2, -0.15) is 0 Å². The number of carbonyl (C=O) groups excluding carboxylic acids is 1. The number of aryl methyl sites for hydroxylation is 1. The number of hydrogen-bond acceptors (Lipinski definition) is 5. The Kier molecular flexibility index (Phi) is 6.28. The van der Waals surface area contributed by atoms with Gasteiger partial charge in [-0.3, -0.25) is 10.1 Å². The Morgan fingerprint density at radius 3 is 2.72 bits per heavy atom. The molecular weight excluding hydrogens is 422 g/mol. The van der Waals surface area contributed by atoms with Crippen LogP contribution in [0.3, 0.4) is 0 Å². The third-order valence-electron chi connectivity index (χ3n) is 4.81. The summed E-state index contributed by atoms with van der Waals surface area (Å²) in [6.07, 6.45) is 4.01. The van der Waals surface area contributed by atoms with Crippen molar-refractivity contribution in [1.29, 1.82) is 0 Å². The van der Waals surface area contributed by atoms with Gasteiger partial charge < -0.3 is 14.8 Å². The molecule has 1 heterocycles. The number of carbonyl (C=O) groups is 1. The normalized spacial score (nSPS) is 11.0. The van der Waals surface area contributed by atoms with Gasteiger partial charge in [0.1, 0.15) is 11.3 Å². The number of hydrogen-bond donors (Lipinski definition) is 3. The summed E-state index contributed by atoms with van der Waals surface area (Å²) >= 11 is 5.24. The fourth-order valence-electron chi connectivity index (χ4n) is 3.15. The van der Waals surface area contributed by atoms with Gasteiger partial charge in [0.2, 0.25) is 11.8 Å². The maximum Gasteiger partial charge on any atom is 0.250 e. The molecule has 0 aliphatic rings. The number of anilines is 1. The molecule has 0 radical (unpaired) electrons. The smallest absolute Gasteiger partial charge is 0.250 e. The van der Waals surface area contributed by atoms with Crippen LogP contribution in [0.2, 0.25) is 0 Å². The van der Waals surface area contributed by atoms with Gasteiger partial charge in [0.25, 0.3) is 0 Å². The first kappa shape index (κ1) is 21.3. The van der Waals surface area contributed by atoms with Crippen molar-refractivity contribution in [2.24, 2.45) is 0 Å². The number of aromatic hydroxyl groups is 1. The number of phenolic OH excluding ortho intramolecular Hbond substituents is 1. The molecule has 0 aliphatic carbocycles. The Morgan fingerprint density at radius 2 is 1.94 bits per heavy atom. The Bertz CT molecular complexity index is 1310. The molecule has 3 aromatic carbocycles. The first-order valence-electron chi connectivity index (χ1n) is 10.1. The van der Waals surface area contributed by atoms with Crippen LogP contribution < -0.4 is 10.6 Å². The second-order valence-electron chi connectivity index (χ2n) is 7.09. The van der Waals surface area contributed by atoms with E-state index in [1.54, 1.807) is 18.2 Å². The topological polar surface area (TPSA) is 87.4 Å². The lowest BCUT2D eigenvalue weighted by Crippen LogP contribution is -2.32. The number of phenols is 1. The number of nitrogens with zero attached hydrogens (tertiary/aromatic N) is 1. The third-order valence-corrected chi connectivity index (χ3v) is 5.01. The van der Waals surface area contributed by atoms with Gasteiger partial charge in [0, 0.05) is 11.8 Å². The minimum absolute atomic E-state index is 0.0265. The third kappa shape index (κ3) is 5.01. The molecule has 0 spiro atoms. The van der Waals surface area contributed by atoms with Crippen molar-refractivity contribution in [2.75, 3.05) is 5.32 Å². The molecule has 6 nitrogen and oxygen atoms in total. The lowest BCUT2D eigenvalue weighted by atomic mass is 10.1. The van der Waals surface area contributed by atoms with Crippen LogP contribution in [-0.2, 0) is 11.2 Å². The van der Waals surface area contributed by atoms with Gasteiger partial charge in [-0.05, 0) is 66.2 Å². The molecule has 0 atom stereocenters. The van der Waals surface area contributed by atoms with E-state index in [2.05, 4.69) is 22.5 Å². The molecule has 0 aliphatic heterocycles. The van der Waals surface area contributed by atoms with Crippen molar-refractivity contribution >= 4 is 46.1 Å². The maximum atomic E-state index is 12.1. The van der Waals surface area contributed by atoms with Gasteiger partial charge in [-0.1, -0.05) is 43.3 Å². The Balaban J connectivity index is 1.47. The molecule has 0 bridgehead atoms. The van der Waals surface area contributed by atoms with Crippen LogP contribution in [0.4, 0.5) is 5.69 Å². The predicted molar refractivity (Wildman–Crippen MR) is 130 cm³/mol. The largest absolute Gasteiger partial charge is 0.507 e. The Morgan fingerprint density at radius 1 is 1.12 bits per heavy atom. The van der Waals surface area contributed by atoms with E-state index in [0.29, 0.717) is 22.7 Å². The highest BCUT2D eigenvalue weighted by atomic mass is 32.1. The van der Waals surface area contributed by atoms with Crippen LogP contribution in [0.5, 0.6) is 5.75 Å². The molecule has 0 fully saturated rings. The summed E-state index contributed by atoms with van der Waals surface area (Å²) < 4.78 is 5.82. The van der Waals surface area contributed by atoms with Crippen molar-refractivity contribution in [3.63, 3.8) is 0 Å². The van der Waals surface area contributed by atoms with E-state index in [1.807, 2.05) is 48.5 Å². The molecule has 4 rings (SSSR count). The fraction of sp³-hybridized carbons (Fsp3) is 0.0800. The quantitative estimate of drug-likeness (QED) is 0.221. The molecule has 4 aromatic rings. The summed E-state index contributed by atoms with van der Waals surface area (Å²) in [5.41, 5.74) is 4.43. The van der Waals surface area contributed by atoms with Crippen molar-refractivity contribution < 1.29 is 14.3 Å². The van der Waals surface area contributed by atoms with Crippen LogP contribution in [0, 0.1) is 0 Å². The molecule has 7 heteroatoms. The number of nitrogens with one attached hydrogen (secondary N) is 2. The molecule has 1 amide bonds. The SMILES string of the molecule is CCc1ccc2oc(-c3cc(NC(=S)NC(=O)/C=C/c4ccccc4)ccc3O)nc2c1. The monoisotopic (exact) mass is 443 g/mol. The van der Waals surface area contributed by atoms with E-state index in [0.717, 1.165) is 23.1 Å². The van der Waals surface area contributed by atoms with Crippen molar-refractivity contribution in [1.82, 2.24) is 10.3 Å². The fourth-order valence-corrected chi connectivity index (χ4v) is 3.36. The molecule has 160 valence electrons. The first-order chi connectivity index (χ1) is 15.5. The number of oxazole rings is 1. The maximum absolute atomic E-state index is 12.1. The molecule has 32 heavy (non-hydrogen) atoms. The highest BCUT2D eigenvalue weighted by molar-refractivity contribution is 7.80. The number of amides is 1. The molecular formula is C25H21N3O3S. The zero-order valence-electron chi connectivity index (χ0n) is 17.3. The minimum atomic E-state index is -0.351. The van der Waals surface area contributed by atoms with Gasteiger partial charge >= 0.3 is 0 Å². The molecule has 0 saturated heterocycles. The highest BCUT2D eigenvalue weighted by Crippen LogP contribution is 2.33. The standard InChI is InChI=1S/C25H21N3O3S/c1-2-16-8-12-22-20(14-16)27-24(31-22)19-15-18(10-11-21(19)29)26-25(32)28-23(30)13-9-17-6-4-3-5-7-17/h3-15,29H,2H2,1H3,(H2,26,28,30,32)/b13-9+. The predicted octanol–water partition coefficient (Wildman–Crippen LogP) is 5.29. The van der Waals surface area contributed by atoms with Crippen LogP contribution in [0.1, 0.15) is 18.1 Å².